The van der Waals surface area contributed by atoms with Crippen LogP contribution in [0.15, 0.2) is 377 Å². The van der Waals surface area contributed by atoms with Crippen LogP contribution in [-0.2, 0) is 53.9 Å². The number of para-hydroxylation sites is 6. The first-order valence-corrected chi connectivity index (χ1v) is 43.3. The summed E-state index contributed by atoms with van der Waals surface area (Å²) in [4.78, 5) is 11.0. The van der Waals surface area contributed by atoms with Crippen LogP contribution in [0.4, 0.5) is 17.1 Å². The fourth-order valence-electron chi connectivity index (χ4n) is 20.4. The van der Waals surface area contributed by atoms with Gasteiger partial charge in [-0.25, -0.2) is 14.5 Å². The first-order chi connectivity index (χ1) is 63.8. The van der Waals surface area contributed by atoms with Crippen molar-refractivity contribution in [2.45, 2.75) is 39.6 Å². The lowest BCUT2D eigenvalue weighted by molar-refractivity contribution is 0.110. The second-order valence-corrected chi connectivity index (χ2v) is 33.5. The summed E-state index contributed by atoms with van der Waals surface area (Å²) in [7, 11) is 0. The Bertz CT molecular complexity index is 8660. The Hall–Kier alpha value is -16.9. The molecule has 0 saturated heterocycles. The van der Waals surface area contributed by atoms with Crippen LogP contribution in [-0.4, -0.2) is 13.7 Å². The number of fused-ring (bicyclic) bond motifs is 27. The molecule has 0 unspecified atom stereocenters. The molecule has 6 aromatic heterocycles. The van der Waals surface area contributed by atoms with Crippen molar-refractivity contribution in [1.29, 1.82) is 0 Å². The molecule has 129 heavy (non-hydrogen) atoms. The fourth-order valence-corrected chi connectivity index (χ4v) is 20.4. The molecular weight excluding hydrogens is 1590 g/mol. The minimum atomic E-state index is 0.536. The van der Waals surface area contributed by atoms with Gasteiger partial charge in [-0.1, -0.05) is 212 Å². The summed E-state index contributed by atoms with van der Waals surface area (Å²) in [6, 6.07) is 127. The summed E-state index contributed by atoms with van der Waals surface area (Å²) >= 11 is 0. The maximum Gasteiger partial charge on any atom is 0.188 e. The average Bonchev–Trinajstić information content (AvgIpc) is 1.51. The number of ether oxygens (including phenoxy) is 3. The maximum absolute atomic E-state index is 7.52. The zero-order valence-electron chi connectivity index (χ0n) is 69.5. The van der Waals surface area contributed by atoms with E-state index in [1.54, 1.807) is 0 Å². The molecule has 0 atom stereocenters. The van der Waals surface area contributed by atoms with Crippen molar-refractivity contribution < 1.29 is 27.5 Å². The Morgan fingerprint density at radius 2 is 0.504 bits per heavy atom. The first kappa shape index (κ1) is 74.7. The molecule has 0 spiro atoms. The first-order valence-electron chi connectivity index (χ1n) is 43.3. The molecule has 0 aliphatic carbocycles. The number of furan rings is 3. The normalized spacial score (nSPS) is 12.8. The van der Waals surface area contributed by atoms with Crippen LogP contribution in [0.2, 0.25) is 0 Å². The van der Waals surface area contributed by atoms with Gasteiger partial charge in [0.2, 0.25) is 0 Å². The van der Waals surface area contributed by atoms with E-state index in [-0.39, 0.29) is 0 Å². The van der Waals surface area contributed by atoms with E-state index in [9.17, 15) is 0 Å². The molecule has 18 aromatic carbocycles. The Balaban J connectivity index is 0.000000105. The molecule has 0 bridgehead atoms. The molecule has 0 radical (unpaired) electrons. The smallest absolute Gasteiger partial charge is 0.188 e. The Morgan fingerprint density at radius 1 is 0.194 bits per heavy atom. The molecule has 24 aromatic rings. The topological polar surface area (TPSA) is 95.0 Å². The quantitative estimate of drug-likeness (QED) is 0.154. The predicted molar refractivity (Wildman–Crippen MR) is 521 cm³/mol. The number of aromatic nitrogens is 3. The van der Waals surface area contributed by atoms with Gasteiger partial charge in [0.25, 0.3) is 0 Å². The van der Waals surface area contributed by atoms with E-state index in [1.165, 1.54) is 55.6 Å². The van der Waals surface area contributed by atoms with Gasteiger partial charge in [0, 0.05) is 65.5 Å². The van der Waals surface area contributed by atoms with Gasteiger partial charge >= 0.3 is 0 Å². The highest BCUT2D eigenvalue weighted by molar-refractivity contribution is 6.17. The Kier molecular flexibility index (Phi) is 17.5. The molecule has 0 fully saturated rings. The second kappa shape index (κ2) is 30.2. The SMILES string of the molecule is [C-]#[N+]c1ccc2c(c1)c1ccccc1n2-c1ccc2c(c1)COCc1ccc(-c3ccc4oc5ccccc5c4c3)cc1-2.[C-]#[N+]c1ccc2c(c1)c1ccccc1n2-c1ccc2c(c1)COCc1ccc(-c3cccc4oc5ccccc5c34)cc1-2.[C-]#[N+]c1ccc2c(c1)c1ccccc1n2-c1ccc2c(c1)COCc1ccc(-c3cccc4oc5ccccc5c34)cc1-2. The van der Waals surface area contributed by atoms with Crippen molar-refractivity contribution in [2.75, 3.05) is 0 Å². The summed E-state index contributed by atoms with van der Waals surface area (Å²) in [6.07, 6.45) is 0. The Labute approximate surface area is 739 Å². The zero-order chi connectivity index (χ0) is 85.5. The van der Waals surface area contributed by atoms with Crippen LogP contribution in [0.1, 0.15) is 33.4 Å². The summed E-state index contributed by atoms with van der Waals surface area (Å²) in [6.45, 7) is 25.9. The van der Waals surface area contributed by atoms with Crippen molar-refractivity contribution in [3.63, 3.8) is 0 Å². The number of hydrogen-bond acceptors (Lipinski definition) is 6. The van der Waals surface area contributed by atoms with Crippen molar-refractivity contribution in [3.8, 4) is 83.8 Å². The van der Waals surface area contributed by atoms with Crippen LogP contribution in [0.25, 0.3) is 230 Å². The minimum Gasteiger partial charge on any atom is -0.456 e. The molecule has 0 amide bonds. The Morgan fingerprint density at radius 3 is 0.915 bits per heavy atom. The van der Waals surface area contributed by atoms with Gasteiger partial charge < -0.3 is 41.2 Å². The molecule has 12 nitrogen and oxygen atoms in total. The third-order valence-electron chi connectivity index (χ3n) is 26.3. The lowest BCUT2D eigenvalue weighted by atomic mass is 9.91. The van der Waals surface area contributed by atoms with Crippen molar-refractivity contribution in [1.82, 2.24) is 13.7 Å². The number of nitrogens with zero attached hydrogens (tertiary/aromatic N) is 6. The summed E-state index contributed by atoms with van der Waals surface area (Å²) in [5.74, 6) is 0. The molecule has 27 rings (SSSR count). The predicted octanol–water partition coefficient (Wildman–Crippen LogP) is 31.8. The zero-order valence-corrected chi connectivity index (χ0v) is 69.5. The molecule has 9 heterocycles. The second-order valence-electron chi connectivity index (χ2n) is 33.5. The fraction of sp³-hybridized carbons (Fsp3) is 0.0513. The summed E-state index contributed by atoms with van der Waals surface area (Å²) < 4.78 is 44.0. The van der Waals surface area contributed by atoms with E-state index in [2.05, 4.69) is 307 Å². The van der Waals surface area contributed by atoms with E-state index < -0.39 is 0 Å². The van der Waals surface area contributed by atoms with Crippen LogP contribution in [0.5, 0.6) is 0 Å². The summed E-state index contributed by atoms with van der Waals surface area (Å²) in [5.41, 5.74) is 38.5. The molecule has 12 heteroatoms. The van der Waals surface area contributed by atoms with Crippen molar-refractivity contribution in [3.05, 3.63) is 432 Å². The van der Waals surface area contributed by atoms with Gasteiger partial charge in [0.1, 0.15) is 33.5 Å². The van der Waals surface area contributed by atoms with E-state index in [1.807, 2.05) is 84.9 Å². The molecule has 606 valence electrons. The van der Waals surface area contributed by atoms with E-state index in [0.717, 1.165) is 193 Å². The van der Waals surface area contributed by atoms with Crippen LogP contribution in [0, 0.1) is 19.7 Å². The number of hydrogen-bond donors (Lipinski definition) is 0. The van der Waals surface area contributed by atoms with Gasteiger partial charge in [-0.15, -0.1) is 0 Å². The molecule has 0 saturated carbocycles. The van der Waals surface area contributed by atoms with E-state index in [0.29, 0.717) is 56.7 Å². The van der Waals surface area contributed by atoms with Crippen molar-refractivity contribution >= 4 is 148 Å². The standard InChI is InChI=1S/3C39H24N2O2/c2*1-40-27-15-18-36-34(21-27)31-7-2-4-10-35(31)41(36)28-16-17-29-26(19-28)23-42-22-25-14-13-24(20-33(25)29)30-9-6-12-38-39(30)32-8-3-5-11-37(32)43-38;1-40-28-13-16-37-34(21-28)31-6-2-4-8-36(31)41(37)29-14-15-30-27(18-29)23-42-22-26-11-10-24(19-33(26)30)25-12-17-39-35(20-25)32-7-3-5-9-38(32)43-39/h3*2-21H,22-23H2. The largest absolute Gasteiger partial charge is 0.456 e. The van der Waals surface area contributed by atoms with Gasteiger partial charge in [-0.2, -0.15) is 0 Å². The maximum atomic E-state index is 7.52. The monoisotopic (exact) mass is 1660 g/mol. The van der Waals surface area contributed by atoms with Gasteiger partial charge in [-0.3, -0.25) is 0 Å². The number of benzene rings is 18. The van der Waals surface area contributed by atoms with Crippen LogP contribution in [0.3, 0.4) is 0 Å². The highest BCUT2D eigenvalue weighted by Crippen LogP contribution is 2.48. The van der Waals surface area contributed by atoms with E-state index in [4.69, 9.17) is 47.2 Å². The molecule has 3 aliphatic heterocycles. The van der Waals surface area contributed by atoms with Crippen LogP contribution >= 0.6 is 0 Å². The van der Waals surface area contributed by atoms with Crippen LogP contribution < -0.4 is 0 Å². The molecule has 0 N–H and O–H groups in total. The van der Waals surface area contributed by atoms with Crippen molar-refractivity contribution in [2.24, 2.45) is 0 Å². The third-order valence-corrected chi connectivity index (χ3v) is 26.3. The average molecular weight is 1660 g/mol. The van der Waals surface area contributed by atoms with Gasteiger partial charge in [0.05, 0.1) is 92.5 Å². The molecular formula is C117H72N6O6. The molecule has 3 aliphatic rings. The highest BCUT2D eigenvalue weighted by atomic mass is 16.5. The van der Waals surface area contributed by atoms with Gasteiger partial charge in [0.15, 0.2) is 17.1 Å². The highest BCUT2D eigenvalue weighted by Gasteiger charge is 2.26. The number of rotatable bonds is 6. The minimum absolute atomic E-state index is 0.536. The lowest BCUT2D eigenvalue weighted by Crippen LogP contribution is -1.97. The third kappa shape index (κ3) is 12.4. The van der Waals surface area contributed by atoms with Gasteiger partial charge in [-0.05, 0) is 268 Å². The van der Waals surface area contributed by atoms with E-state index >= 15 is 0 Å². The summed E-state index contributed by atoms with van der Waals surface area (Å²) in [5, 5.41) is 13.5. The lowest BCUT2D eigenvalue weighted by Gasteiger charge is -2.14.